The van der Waals surface area contributed by atoms with Crippen molar-refractivity contribution in [1.82, 2.24) is 0 Å². The second kappa shape index (κ2) is 6.75. The van der Waals surface area contributed by atoms with Crippen LogP contribution in [0.15, 0.2) is 12.1 Å². The quantitative estimate of drug-likeness (QED) is 0.308. The number of hydrogen-bond acceptors (Lipinski definition) is 3. The fourth-order valence-corrected chi connectivity index (χ4v) is 2.18. The third-order valence-corrected chi connectivity index (χ3v) is 5.24. The minimum Gasteiger partial charge on any atom is -0.435 e. The molecule has 0 amide bonds. The van der Waals surface area contributed by atoms with E-state index in [2.05, 4.69) is 45.2 Å². The van der Waals surface area contributed by atoms with Crippen LogP contribution in [0, 0.1) is 14.1 Å². The van der Waals surface area contributed by atoms with Crippen LogP contribution < -0.4 is 0 Å². The van der Waals surface area contributed by atoms with Crippen LogP contribution in [0.25, 0.3) is 0 Å². The van der Waals surface area contributed by atoms with Crippen LogP contribution in [0.1, 0.15) is 22.8 Å². The van der Waals surface area contributed by atoms with Gasteiger partial charge in [0.15, 0.2) is 6.79 Å². The molecule has 1 rings (SSSR count). The molecule has 88 valence electrons. The van der Waals surface area contributed by atoms with Gasteiger partial charge in [-0.2, -0.15) is 0 Å². The molecule has 0 radical (unpaired) electrons. The van der Waals surface area contributed by atoms with Crippen molar-refractivity contribution < 1.29 is 14.3 Å². The lowest BCUT2D eigenvalue weighted by Gasteiger charge is -2.07. The maximum Gasteiger partial charge on any atom is 0.340 e. The molecule has 1 aromatic carbocycles. The van der Waals surface area contributed by atoms with Crippen LogP contribution in [0.2, 0.25) is 0 Å². The normalized spacial score (nSPS) is 10.2. The van der Waals surface area contributed by atoms with Gasteiger partial charge in [0.05, 0.1) is 5.56 Å². The van der Waals surface area contributed by atoms with E-state index in [0.29, 0.717) is 12.2 Å². The van der Waals surface area contributed by atoms with E-state index in [9.17, 15) is 4.79 Å². The highest BCUT2D eigenvalue weighted by atomic mass is 127. The van der Waals surface area contributed by atoms with Gasteiger partial charge in [-0.05, 0) is 76.7 Å². The maximum atomic E-state index is 11.6. The van der Waals surface area contributed by atoms with Crippen LogP contribution in [0.5, 0.6) is 0 Å². The summed E-state index contributed by atoms with van der Waals surface area (Å²) in [5, 5.41) is 0. The van der Waals surface area contributed by atoms with Gasteiger partial charge in [-0.1, -0.05) is 0 Å². The van der Waals surface area contributed by atoms with Crippen LogP contribution in [-0.4, -0.2) is 19.4 Å². The average molecular weight is 446 g/mol. The van der Waals surface area contributed by atoms with Crippen LogP contribution in [0.3, 0.4) is 0 Å². The minimum absolute atomic E-state index is 0.0109. The Morgan fingerprint density at radius 2 is 2.06 bits per heavy atom. The molecule has 0 fully saturated rings. The van der Waals surface area contributed by atoms with Gasteiger partial charge in [-0.25, -0.2) is 4.79 Å². The van der Waals surface area contributed by atoms with E-state index in [1.165, 1.54) is 3.57 Å². The molecule has 0 heterocycles. The summed E-state index contributed by atoms with van der Waals surface area (Å²) in [6.45, 7) is 4.38. The van der Waals surface area contributed by atoms with E-state index in [-0.39, 0.29) is 12.8 Å². The van der Waals surface area contributed by atoms with Gasteiger partial charge in [0.2, 0.25) is 0 Å². The second-order valence-electron chi connectivity index (χ2n) is 3.13. The lowest BCUT2D eigenvalue weighted by atomic mass is 10.1. The molecule has 0 aliphatic heterocycles. The number of carbonyl (C=O) groups is 1. The summed E-state index contributed by atoms with van der Waals surface area (Å²) >= 11 is 4.47. The Balaban J connectivity index is 2.76. The van der Waals surface area contributed by atoms with Crippen molar-refractivity contribution in [3.63, 3.8) is 0 Å². The monoisotopic (exact) mass is 446 g/mol. The number of hydrogen-bond donors (Lipinski definition) is 0. The molecule has 0 unspecified atom stereocenters. The van der Waals surface area contributed by atoms with Gasteiger partial charge in [-0.15, -0.1) is 0 Å². The predicted octanol–water partition coefficient (Wildman–Crippen LogP) is 3.36. The number of rotatable bonds is 4. The smallest absolute Gasteiger partial charge is 0.340 e. The molecule has 0 aliphatic carbocycles. The molecule has 3 nitrogen and oxygen atoms in total. The Hall–Kier alpha value is 0.110. The van der Waals surface area contributed by atoms with E-state index in [1.54, 1.807) is 0 Å². The standard InChI is InChI=1S/C11H12I2O3/c1-3-15-6-16-11(14)8-4-7(2)10(13)9(12)5-8/h4-5H,3,6H2,1-2H3. The minimum atomic E-state index is -0.342. The van der Waals surface area contributed by atoms with Crippen molar-refractivity contribution in [1.29, 1.82) is 0 Å². The number of carbonyl (C=O) groups excluding carboxylic acids is 1. The molecule has 0 spiro atoms. The third kappa shape index (κ3) is 3.85. The number of aryl methyl sites for hydroxylation is 1. The Morgan fingerprint density at radius 1 is 1.38 bits per heavy atom. The molecule has 0 aromatic heterocycles. The van der Waals surface area contributed by atoms with E-state index in [1.807, 2.05) is 26.0 Å². The zero-order valence-electron chi connectivity index (χ0n) is 9.05. The number of halogens is 2. The molecule has 0 N–H and O–H groups in total. The Morgan fingerprint density at radius 3 is 2.62 bits per heavy atom. The largest absolute Gasteiger partial charge is 0.435 e. The van der Waals surface area contributed by atoms with E-state index in [0.717, 1.165) is 9.13 Å². The van der Waals surface area contributed by atoms with E-state index >= 15 is 0 Å². The van der Waals surface area contributed by atoms with Gasteiger partial charge in [0.1, 0.15) is 0 Å². The van der Waals surface area contributed by atoms with Gasteiger partial charge in [0, 0.05) is 13.7 Å². The van der Waals surface area contributed by atoms with Gasteiger partial charge in [0.25, 0.3) is 0 Å². The topological polar surface area (TPSA) is 35.5 Å². The van der Waals surface area contributed by atoms with Crippen molar-refractivity contribution in [2.75, 3.05) is 13.4 Å². The van der Waals surface area contributed by atoms with Crippen molar-refractivity contribution >= 4 is 51.2 Å². The summed E-state index contributed by atoms with van der Waals surface area (Å²) in [6, 6.07) is 3.65. The van der Waals surface area contributed by atoms with Gasteiger partial charge < -0.3 is 9.47 Å². The first-order valence-electron chi connectivity index (χ1n) is 4.76. The number of ether oxygens (including phenoxy) is 2. The molecule has 0 saturated heterocycles. The molecular formula is C11H12I2O3. The third-order valence-electron chi connectivity index (χ3n) is 1.92. The summed E-state index contributed by atoms with van der Waals surface area (Å²) in [7, 11) is 0. The first-order valence-corrected chi connectivity index (χ1v) is 6.92. The molecule has 16 heavy (non-hydrogen) atoms. The molecular weight excluding hydrogens is 434 g/mol. The summed E-state index contributed by atoms with van der Waals surface area (Å²) < 4.78 is 12.1. The lowest BCUT2D eigenvalue weighted by Crippen LogP contribution is -2.09. The maximum absolute atomic E-state index is 11.6. The van der Waals surface area contributed by atoms with Crippen LogP contribution in [0.4, 0.5) is 0 Å². The lowest BCUT2D eigenvalue weighted by molar-refractivity contribution is -0.0274. The Bertz CT molecular complexity index is 368. The molecule has 0 aliphatic rings. The zero-order chi connectivity index (χ0) is 12.1. The first-order chi connectivity index (χ1) is 7.56. The average Bonchev–Trinajstić information content (AvgIpc) is 2.25. The zero-order valence-corrected chi connectivity index (χ0v) is 13.4. The van der Waals surface area contributed by atoms with E-state index < -0.39 is 0 Å². The SMILES string of the molecule is CCOCOC(=O)c1cc(C)c(I)c(I)c1. The molecule has 5 heteroatoms. The van der Waals surface area contributed by atoms with Crippen LogP contribution >= 0.6 is 45.2 Å². The Kier molecular flexibility index (Phi) is 5.98. The second-order valence-corrected chi connectivity index (χ2v) is 5.37. The Labute approximate surface area is 122 Å². The number of benzene rings is 1. The highest BCUT2D eigenvalue weighted by Gasteiger charge is 2.11. The number of esters is 1. The molecule has 1 aromatic rings. The molecule has 0 bridgehead atoms. The highest BCUT2D eigenvalue weighted by Crippen LogP contribution is 2.21. The summed E-state index contributed by atoms with van der Waals surface area (Å²) in [5.41, 5.74) is 1.65. The molecule has 0 saturated carbocycles. The van der Waals surface area contributed by atoms with Crippen LogP contribution in [-0.2, 0) is 9.47 Å². The van der Waals surface area contributed by atoms with Gasteiger partial charge in [-0.3, -0.25) is 0 Å². The predicted molar refractivity (Wildman–Crippen MR) is 78.5 cm³/mol. The van der Waals surface area contributed by atoms with Crippen molar-refractivity contribution in [3.05, 3.63) is 30.4 Å². The van der Waals surface area contributed by atoms with E-state index in [4.69, 9.17) is 9.47 Å². The van der Waals surface area contributed by atoms with Crippen molar-refractivity contribution in [3.8, 4) is 0 Å². The summed E-state index contributed by atoms with van der Waals surface area (Å²) in [5.74, 6) is -0.342. The highest BCUT2D eigenvalue weighted by molar-refractivity contribution is 14.1. The van der Waals surface area contributed by atoms with Crippen molar-refractivity contribution in [2.24, 2.45) is 0 Å². The summed E-state index contributed by atoms with van der Waals surface area (Å²) in [6.07, 6.45) is 0. The first kappa shape index (κ1) is 14.2. The fraction of sp³-hybridized carbons (Fsp3) is 0.364. The summed E-state index contributed by atoms with van der Waals surface area (Å²) in [4.78, 5) is 11.6. The van der Waals surface area contributed by atoms with Crippen molar-refractivity contribution in [2.45, 2.75) is 13.8 Å². The van der Waals surface area contributed by atoms with Gasteiger partial charge >= 0.3 is 5.97 Å². The fourth-order valence-electron chi connectivity index (χ4n) is 1.11. The molecule has 0 atom stereocenters.